The summed E-state index contributed by atoms with van der Waals surface area (Å²) < 4.78 is 5.37. The quantitative estimate of drug-likeness (QED) is 0.719. The molecule has 0 bridgehead atoms. The Balaban J connectivity index is 3.02. The zero-order chi connectivity index (χ0) is 10.8. The van der Waals surface area contributed by atoms with Gasteiger partial charge >= 0.3 is 0 Å². The Hall–Kier alpha value is -0.690. The summed E-state index contributed by atoms with van der Waals surface area (Å²) >= 11 is 6.17. The minimum Gasteiger partial charge on any atom is -0.494 e. The molecule has 0 heterocycles. The molecule has 1 rings (SSSR count). The number of halogens is 1. The van der Waals surface area contributed by atoms with Gasteiger partial charge in [-0.3, -0.25) is 0 Å². The van der Waals surface area contributed by atoms with E-state index in [1.807, 2.05) is 25.1 Å². The average molecular weight is 213 g/mol. The van der Waals surface area contributed by atoms with Crippen molar-refractivity contribution in [1.82, 2.24) is 0 Å². The van der Waals surface area contributed by atoms with Crippen LogP contribution < -0.4 is 4.74 Å². The second-order valence-electron chi connectivity index (χ2n) is 4.32. The van der Waals surface area contributed by atoms with Gasteiger partial charge < -0.3 is 4.74 Å². The number of hydrogen-bond acceptors (Lipinski definition) is 1. The van der Waals surface area contributed by atoms with E-state index in [0.29, 0.717) is 6.61 Å². The van der Waals surface area contributed by atoms with Gasteiger partial charge in [-0.1, -0.05) is 38.4 Å². The highest BCUT2D eigenvalue weighted by Crippen LogP contribution is 2.31. The standard InChI is InChI=1S/C12H17ClO/c1-5-14-9-6-7-10(11(13)8-9)12(2,3)4/h6-8H,5H2,1-4H3. The maximum atomic E-state index is 6.17. The molecular formula is C12H17ClO. The van der Waals surface area contributed by atoms with E-state index in [2.05, 4.69) is 20.8 Å². The maximum absolute atomic E-state index is 6.17. The Kier molecular flexibility index (Phi) is 3.43. The predicted molar refractivity (Wildman–Crippen MR) is 61.3 cm³/mol. The lowest BCUT2D eigenvalue weighted by atomic mass is 9.87. The molecule has 0 aliphatic heterocycles. The normalized spacial score (nSPS) is 11.5. The van der Waals surface area contributed by atoms with Crippen molar-refractivity contribution in [3.05, 3.63) is 28.8 Å². The third kappa shape index (κ3) is 2.65. The van der Waals surface area contributed by atoms with Gasteiger partial charge in [0, 0.05) is 5.02 Å². The van der Waals surface area contributed by atoms with Crippen LogP contribution in [0.1, 0.15) is 33.3 Å². The summed E-state index contributed by atoms with van der Waals surface area (Å²) in [6.45, 7) is 9.08. The van der Waals surface area contributed by atoms with E-state index in [-0.39, 0.29) is 5.41 Å². The Morgan fingerprint density at radius 2 is 1.93 bits per heavy atom. The molecular weight excluding hydrogens is 196 g/mol. The van der Waals surface area contributed by atoms with Gasteiger partial charge in [0.25, 0.3) is 0 Å². The largest absolute Gasteiger partial charge is 0.494 e. The van der Waals surface area contributed by atoms with E-state index in [9.17, 15) is 0 Å². The summed E-state index contributed by atoms with van der Waals surface area (Å²) in [6.07, 6.45) is 0. The topological polar surface area (TPSA) is 9.23 Å². The molecule has 0 radical (unpaired) electrons. The second kappa shape index (κ2) is 4.22. The number of benzene rings is 1. The van der Waals surface area contributed by atoms with E-state index in [1.165, 1.54) is 0 Å². The zero-order valence-corrected chi connectivity index (χ0v) is 9.98. The molecule has 0 aliphatic rings. The first kappa shape index (κ1) is 11.4. The van der Waals surface area contributed by atoms with Crippen LogP contribution in [0.4, 0.5) is 0 Å². The summed E-state index contributed by atoms with van der Waals surface area (Å²) in [6, 6.07) is 5.88. The Morgan fingerprint density at radius 3 is 2.36 bits per heavy atom. The van der Waals surface area contributed by atoms with Crippen molar-refractivity contribution in [2.45, 2.75) is 33.1 Å². The van der Waals surface area contributed by atoms with Gasteiger partial charge in [0.05, 0.1) is 6.61 Å². The number of hydrogen-bond donors (Lipinski definition) is 0. The summed E-state index contributed by atoms with van der Waals surface area (Å²) in [5.41, 5.74) is 1.24. The lowest BCUT2D eigenvalue weighted by Gasteiger charge is -2.20. The van der Waals surface area contributed by atoms with Gasteiger partial charge in [-0.15, -0.1) is 0 Å². The highest BCUT2D eigenvalue weighted by Gasteiger charge is 2.17. The number of rotatable bonds is 2. The van der Waals surface area contributed by atoms with Crippen LogP contribution >= 0.6 is 11.6 Å². The fraction of sp³-hybridized carbons (Fsp3) is 0.500. The van der Waals surface area contributed by atoms with E-state index in [0.717, 1.165) is 16.3 Å². The van der Waals surface area contributed by atoms with Gasteiger partial charge in [-0.2, -0.15) is 0 Å². The van der Waals surface area contributed by atoms with Crippen molar-refractivity contribution in [1.29, 1.82) is 0 Å². The molecule has 14 heavy (non-hydrogen) atoms. The molecule has 2 heteroatoms. The summed E-state index contributed by atoms with van der Waals surface area (Å²) in [4.78, 5) is 0. The van der Waals surface area contributed by atoms with Gasteiger partial charge in [-0.05, 0) is 30.0 Å². The molecule has 78 valence electrons. The monoisotopic (exact) mass is 212 g/mol. The van der Waals surface area contributed by atoms with E-state index < -0.39 is 0 Å². The Morgan fingerprint density at radius 1 is 1.29 bits per heavy atom. The van der Waals surface area contributed by atoms with Crippen LogP contribution in [0, 0.1) is 0 Å². The Labute approximate surface area is 91.0 Å². The van der Waals surface area contributed by atoms with Crippen LogP contribution in [-0.2, 0) is 5.41 Å². The molecule has 1 aromatic rings. The molecule has 0 spiro atoms. The molecule has 0 saturated heterocycles. The van der Waals surface area contributed by atoms with Crippen LogP contribution in [0.25, 0.3) is 0 Å². The van der Waals surface area contributed by atoms with Crippen LogP contribution in [0.2, 0.25) is 5.02 Å². The molecule has 1 aromatic carbocycles. The lowest BCUT2D eigenvalue weighted by Crippen LogP contribution is -2.11. The zero-order valence-electron chi connectivity index (χ0n) is 9.23. The Bertz CT molecular complexity index is 313. The van der Waals surface area contributed by atoms with Crippen LogP contribution in [0.5, 0.6) is 5.75 Å². The van der Waals surface area contributed by atoms with Crippen molar-refractivity contribution >= 4 is 11.6 Å². The maximum Gasteiger partial charge on any atom is 0.120 e. The van der Waals surface area contributed by atoms with Crippen LogP contribution in [-0.4, -0.2) is 6.61 Å². The van der Waals surface area contributed by atoms with Gasteiger partial charge in [0.1, 0.15) is 5.75 Å². The highest BCUT2D eigenvalue weighted by molar-refractivity contribution is 6.31. The molecule has 0 aromatic heterocycles. The summed E-state index contributed by atoms with van der Waals surface area (Å²) in [5, 5.41) is 0.781. The molecule has 0 saturated carbocycles. The van der Waals surface area contributed by atoms with Crippen molar-refractivity contribution in [2.75, 3.05) is 6.61 Å². The summed E-state index contributed by atoms with van der Waals surface area (Å²) in [5.74, 6) is 0.838. The van der Waals surface area contributed by atoms with Crippen molar-refractivity contribution in [3.63, 3.8) is 0 Å². The molecule has 1 nitrogen and oxygen atoms in total. The molecule has 0 amide bonds. The fourth-order valence-electron chi connectivity index (χ4n) is 1.36. The molecule has 0 aliphatic carbocycles. The first-order chi connectivity index (χ1) is 6.45. The fourth-order valence-corrected chi connectivity index (χ4v) is 1.81. The molecule has 0 fully saturated rings. The van der Waals surface area contributed by atoms with E-state index in [1.54, 1.807) is 0 Å². The smallest absolute Gasteiger partial charge is 0.120 e. The predicted octanol–water partition coefficient (Wildman–Crippen LogP) is 4.04. The van der Waals surface area contributed by atoms with Gasteiger partial charge in [-0.25, -0.2) is 0 Å². The molecule has 0 atom stereocenters. The van der Waals surface area contributed by atoms with Crippen molar-refractivity contribution in [2.24, 2.45) is 0 Å². The second-order valence-corrected chi connectivity index (χ2v) is 4.73. The van der Waals surface area contributed by atoms with Gasteiger partial charge in [0.2, 0.25) is 0 Å². The highest BCUT2D eigenvalue weighted by atomic mass is 35.5. The third-order valence-electron chi connectivity index (χ3n) is 2.06. The minimum atomic E-state index is 0.0851. The van der Waals surface area contributed by atoms with Crippen LogP contribution in [0.3, 0.4) is 0 Å². The summed E-state index contributed by atoms with van der Waals surface area (Å²) in [7, 11) is 0. The minimum absolute atomic E-state index is 0.0851. The molecule has 0 unspecified atom stereocenters. The number of ether oxygens (including phenoxy) is 1. The van der Waals surface area contributed by atoms with Crippen molar-refractivity contribution < 1.29 is 4.74 Å². The van der Waals surface area contributed by atoms with Crippen LogP contribution in [0.15, 0.2) is 18.2 Å². The lowest BCUT2D eigenvalue weighted by molar-refractivity contribution is 0.340. The SMILES string of the molecule is CCOc1ccc(C(C)(C)C)c(Cl)c1. The van der Waals surface area contributed by atoms with Crippen molar-refractivity contribution in [3.8, 4) is 5.75 Å². The first-order valence-corrected chi connectivity index (χ1v) is 5.25. The first-order valence-electron chi connectivity index (χ1n) is 4.88. The third-order valence-corrected chi connectivity index (χ3v) is 2.37. The van der Waals surface area contributed by atoms with E-state index in [4.69, 9.17) is 16.3 Å². The average Bonchev–Trinajstić information content (AvgIpc) is 2.02. The van der Waals surface area contributed by atoms with E-state index >= 15 is 0 Å². The van der Waals surface area contributed by atoms with Gasteiger partial charge in [0.15, 0.2) is 0 Å². The molecule has 0 N–H and O–H groups in total.